The molecule has 0 unspecified atom stereocenters. The SMILES string of the molecule is C.C.CCCCCCCI.CCCCCCCOc1cc(CN(Cc2ccccn2)Cc2ccccn2)cc(CN(Cc2ccccn2)Cc2ccccn2)c1.COC(=O)c1cc(O)cc(C(=O)OC)c1.OCc1cc(O)cc(CO)c1.Oc1cc(CBr)cc(CBr)c1.Oc1cc(CN(Cc2ccccn2)Cc2ccccn2)cc(CN(Cc2ccccn2)Cc2ccccn2)c1.[Al].[H-].[Li+]. The van der Waals surface area contributed by atoms with Crippen LogP contribution in [0.15, 0.2) is 286 Å². The third-order valence-corrected chi connectivity index (χ3v) is 21.9. The average molecular weight is 2070 g/mol. The zero-order chi connectivity index (χ0) is 92.6. The quantitative estimate of drug-likeness (QED) is 0.00681. The number of aliphatic hydroxyl groups is 2. The van der Waals surface area contributed by atoms with E-state index in [2.05, 4.69) is 186 Å². The van der Waals surface area contributed by atoms with Gasteiger partial charge >= 0.3 is 30.8 Å². The summed E-state index contributed by atoms with van der Waals surface area (Å²) in [6, 6.07) is 74.6. The van der Waals surface area contributed by atoms with Crippen LogP contribution >= 0.6 is 54.5 Å². The predicted octanol–water partition coefficient (Wildman–Crippen LogP) is 19.3. The molecule has 134 heavy (non-hydrogen) atoms. The standard InChI is InChI=1S/C39H46N6O.C32H32N6O.C10H10O5.C8H8Br2O.C8H10O3.C7H15I.2CH4.Al.Li.H/c1-2-3-4-5-14-23-46-39-25-33(27-44(29-35-15-6-10-19-40-35)30-36-16-7-11-20-41-36)24-34(26-39)28-45(31-37-17-8-12-21-42-37)32-38-18-9-13-22-43-38;39-32-18-26(20-37(22-28-9-1-5-13-33-28)23-29-10-2-6-14-34-29)17-27(19-32)21-38(24-30-11-3-7-15-35-30)25-31-12-4-8-16-36-31;1-14-9(12)6-3-7(10(13)15-2)5-8(11)4-6;2*9-4-6-1-7(5-10)3-8(11)2-6;1-2-3-4-5-6-7-8;;;;;/h6-13,15-22,24-26H,2-5,14,23,27-32H2,1H3;1-19,39H,20-25H2;3-5,11H,1-2H3;1-3,11H,4-5H2;1-3,9-11H,4-5H2;2-7H2,1H3;2*1H4;;;/q;;;;;;;;;+1;-1. The Labute approximate surface area is 847 Å². The fourth-order valence-electron chi connectivity index (χ4n) is 13.9. The van der Waals surface area contributed by atoms with Crippen molar-refractivity contribution in [3.63, 3.8) is 0 Å². The third kappa shape index (κ3) is 46.9. The van der Waals surface area contributed by atoms with E-state index in [4.69, 9.17) is 20.1 Å². The zero-order valence-electron chi connectivity index (χ0n) is 77.2. The Morgan fingerprint density at radius 2 is 0.567 bits per heavy atom. The molecule has 23 nitrogen and oxygen atoms in total. The number of esters is 2. The van der Waals surface area contributed by atoms with Gasteiger partial charge in [0, 0.05) is 156 Å². The second kappa shape index (κ2) is 68.8. The van der Waals surface area contributed by atoms with Crippen molar-refractivity contribution in [1.29, 1.82) is 0 Å². The number of pyridine rings is 8. The molecule has 0 fully saturated rings. The predicted molar refractivity (Wildman–Crippen MR) is 547 cm³/mol. The summed E-state index contributed by atoms with van der Waals surface area (Å²) in [6.07, 6.45) is 27.9. The van der Waals surface area contributed by atoms with Gasteiger partial charge in [0.15, 0.2) is 0 Å². The van der Waals surface area contributed by atoms with Gasteiger partial charge in [-0.15, -0.1) is 0 Å². The van der Waals surface area contributed by atoms with Gasteiger partial charge in [-0.3, -0.25) is 59.5 Å². The maximum Gasteiger partial charge on any atom is 1.00 e. The summed E-state index contributed by atoms with van der Waals surface area (Å²) in [7, 11) is 2.42. The van der Waals surface area contributed by atoms with E-state index < -0.39 is 11.9 Å². The molecule has 3 radical (unpaired) electrons. The van der Waals surface area contributed by atoms with Crippen LogP contribution in [0.4, 0.5) is 0 Å². The molecule has 0 bridgehead atoms. The second-order valence-corrected chi connectivity index (χ2v) is 33.1. The molecule has 0 saturated heterocycles. The third-order valence-electron chi connectivity index (χ3n) is 19.8. The van der Waals surface area contributed by atoms with Gasteiger partial charge in [-0.2, -0.15) is 0 Å². The minimum absolute atomic E-state index is 0. The molecule has 13 rings (SSSR count). The minimum atomic E-state index is -0.629. The Bertz CT molecular complexity index is 4810. The van der Waals surface area contributed by atoms with Gasteiger partial charge in [0.25, 0.3) is 0 Å². The molecule has 0 spiro atoms. The van der Waals surface area contributed by atoms with Crippen LogP contribution < -0.4 is 23.6 Å². The van der Waals surface area contributed by atoms with Crippen molar-refractivity contribution in [2.75, 3.05) is 25.3 Å². The number of hydrogen-bond acceptors (Lipinski definition) is 23. The molecule has 13 aromatic rings. The summed E-state index contributed by atoms with van der Waals surface area (Å²) >= 11 is 9.10. The summed E-state index contributed by atoms with van der Waals surface area (Å²) in [5.41, 5.74) is 16.2. The molecule has 0 aliphatic carbocycles. The number of methoxy groups -OCH3 is 2. The zero-order valence-corrected chi connectivity index (χ0v) is 82.7. The van der Waals surface area contributed by atoms with Crippen LogP contribution in [-0.2, 0) is 112 Å². The van der Waals surface area contributed by atoms with Gasteiger partial charge in [-0.1, -0.05) is 207 Å². The Balaban J connectivity index is 0.000000468. The number of phenols is 4. The number of carbonyl (C=O) groups excluding carboxylic acids is 2. The van der Waals surface area contributed by atoms with Crippen LogP contribution in [0.1, 0.15) is 205 Å². The summed E-state index contributed by atoms with van der Waals surface area (Å²) in [4.78, 5) is 68.3. The Morgan fingerprint density at radius 1 is 0.328 bits per heavy atom. The number of carbonyl (C=O) groups is 2. The van der Waals surface area contributed by atoms with Gasteiger partial charge in [0.2, 0.25) is 0 Å². The summed E-state index contributed by atoms with van der Waals surface area (Å²) < 4.78 is 16.7. The molecule has 6 N–H and O–H groups in total. The number of aromatic hydroxyl groups is 4. The van der Waals surface area contributed by atoms with Crippen LogP contribution in [0.5, 0.6) is 28.7 Å². The number of alkyl halides is 3. The maximum atomic E-state index is 11.1. The molecular weight excluding hydrogens is 1940 g/mol. The summed E-state index contributed by atoms with van der Waals surface area (Å²) in [5.74, 6) is 0.130. The largest absolute Gasteiger partial charge is 1.00 e. The molecule has 0 aliphatic rings. The fraction of sp³-hybridized carbons (Fsp3) is 0.321. The first-order valence-corrected chi connectivity index (χ1v) is 47.4. The number of aromatic nitrogens is 8. The van der Waals surface area contributed by atoms with E-state index in [1.54, 1.807) is 18.2 Å². The fourth-order valence-corrected chi connectivity index (χ4v) is 15.1. The van der Waals surface area contributed by atoms with E-state index in [-0.39, 0.29) is 94.1 Å². The maximum absolute atomic E-state index is 11.1. The Kier molecular flexibility index (Phi) is 59.6. The van der Waals surface area contributed by atoms with Crippen LogP contribution in [0.3, 0.4) is 0 Å². The molecule has 28 heteroatoms. The molecule has 5 aromatic carbocycles. The Morgan fingerprint density at radius 3 is 0.813 bits per heavy atom. The van der Waals surface area contributed by atoms with Crippen LogP contribution in [-0.4, -0.2) is 145 Å². The molecule has 0 saturated carbocycles. The van der Waals surface area contributed by atoms with E-state index in [0.717, 1.165) is 137 Å². The monoisotopic (exact) mass is 2070 g/mol. The molecule has 0 atom stereocenters. The number of halogens is 3. The van der Waals surface area contributed by atoms with E-state index >= 15 is 0 Å². The van der Waals surface area contributed by atoms with Gasteiger partial charge < -0.3 is 46.3 Å². The van der Waals surface area contributed by atoms with Crippen molar-refractivity contribution in [2.45, 2.75) is 195 Å². The minimum Gasteiger partial charge on any atom is -1.00 e. The number of unbranched alkanes of at least 4 members (excludes halogenated alkanes) is 8. The van der Waals surface area contributed by atoms with Crippen LogP contribution in [0.25, 0.3) is 0 Å². The van der Waals surface area contributed by atoms with Gasteiger partial charge in [-0.05, 0) is 226 Å². The van der Waals surface area contributed by atoms with E-state index in [0.29, 0.717) is 56.1 Å². The van der Waals surface area contributed by atoms with Gasteiger partial charge in [0.1, 0.15) is 28.7 Å². The summed E-state index contributed by atoms with van der Waals surface area (Å²) in [6.45, 7) is 13.4. The topological polar surface area (TPSA) is 299 Å². The molecule has 0 aliphatic heterocycles. The normalized spacial score (nSPS) is 10.4. The van der Waals surface area contributed by atoms with Crippen molar-refractivity contribution < 1.29 is 74.7 Å². The number of nitrogens with zero attached hydrogens (tertiary/aromatic N) is 12. The molecule has 705 valence electrons. The smallest absolute Gasteiger partial charge is 1.00 e. The van der Waals surface area contributed by atoms with Gasteiger partial charge in [0.05, 0.1) is 90.7 Å². The number of benzene rings is 5. The number of hydrogen-bond donors (Lipinski definition) is 6. The van der Waals surface area contributed by atoms with Crippen molar-refractivity contribution >= 4 is 83.8 Å². The van der Waals surface area contributed by atoms with Crippen molar-refractivity contribution in [3.05, 3.63) is 387 Å². The second-order valence-electron chi connectivity index (χ2n) is 30.9. The first-order valence-electron chi connectivity index (χ1n) is 43.6. The van der Waals surface area contributed by atoms with E-state index in [1.807, 2.05) is 189 Å². The number of ether oxygens (including phenoxy) is 3. The van der Waals surface area contributed by atoms with Crippen molar-refractivity contribution in [2.24, 2.45) is 0 Å². The number of rotatable bonds is 42. The van der Waals surface area contributed by atoms with E-state index in [1.165, 1.54) is 118 Å². The molecule has 8 heterocycles. The van der Waals surface area contributed by atoms with E-state index in [9.17, 15) is 24.9 Å². The number of aliphatic hydroxyl groups excluding tert-OH is 2. The first kappa shape index (κ1) is 116. The molecule has 0 amide bonds. The first-order chi connectivity index (χ1) is 63.4. The van der Waals surface area contributed by atoms with Crippen LogP contribution in [0, 0.1) is 0 Å². The van der Waals surface area contributed by atoms with Crippen LogP contribution in [0.2, 0.25) is 0 Å². The van der Waals surface area contributed by atoms with Gasteiger partial charge in [-0.25, -0.2) is 9.59 Å². The van der Waals surface area contributed by atoms with Crippen molar-refractivity contribution in [3.8, 4) is 28.7 Å². The number of phenolic OH excluding ortho intramolecular Hbond substituents is 4. The molecular formula is C106H130AlBr2ILiN12O11. The average Bonchev–Trinajstić information content (AvgIpc) is 0.835. The summed E-state index contributed by atoms with van der Waals surface area (Å²) in [5, 5.41) is 57.1. The molecule has 8 aromatic heterocycles. The Hall–Kier alpha value is -10.2. The van der Waals surface area contributed by atoms with Crippen molar-refractivity contribution in [1.82, 2.24) is 59.5 Å².